The second-order valence-electron chi connectivity index (χ2n) is 8.25. The van der Waals surface area contributed by atoms with Crippen LogP contribution in [0.15, 0.2) is 67.0 Å². The molecule has 1 atom stereocenters. The molecular formula is C24H19N7O2. The molecule has 33 heavy (non-hydrogen) atoms. The Morgan fingerprint density at radius 3 is 2.61 bits per heavy atom. The molecule has 1 aliphatic rings. The largest absolute Gasteiger partial charge is 0.438 e. The van der Waals surface area contributed by atoms with Crippen LogP contribution in [0.5, 0.6) is 11.6 Å². The van der Waals surface area contributed by atoms with Crippen LogP contribution in [-0.4, -0.2) is 31.1 Å². The van der Waals surface area contributed by atoms with Gasteiger partial charge in [0.1, 0.15) is 12.1 Å². The maximum absolute atomic E-state index is 12.8. The van der Waals surface area contributed by atoms with Crippen molar-refractivity contribution in [1.82, 2.24) is 30.5 Å². The second kappa shape index (κ2) is 7.84. The Morgan fingerprint density at radius 1 is 1.09 bits per heavy atom. The van der Waals surface area contributed by atoms with Crippen LogP contribution < -0.4 is 10.1 Å². The van der Waals surface area contributed by atoms with Gasteiger partial charge in [-0.05, 0) is 34.7 Å². The number of tetrazole rings is 1. The van der Waals surface area contributed by atoms with Crippen molar-refractivity contribution in [3.63, 3.8) is 0 Å². The first-order valence-corrected chi connectivity index (χ1v) is 10.3. The summed E-state index contributed by atoms with van der Waals surface area (Å²) in [6.07, 6.45) is 3.27. The molecule has 162 valence electrons. The highest BCUT2D eigenvalue weighted by molar-refractivity contribution is 5.85. The lowest BCUT2D eigenvalue weighted by Crippen LogP contribution is -2.40. The molecule has 0 radical (unpaired) electrons. The zero-order valence-corrected chi connectivity index (χ0v) is 17.9. The van der Waals surface area contributed by atoms with Crippen LogP contribution in [0.2, 0.25) is 0 Å². The van der Waals surface area contributed by atoms with E-state index < -0.39 is 5.41 Å². The molecular weight excluding hydrogens is 418 g/mol. The number of hydrogen-bond acceptors (Lipinski definition) is 7. The standard InChI is InChI=1S/C24H19N7O2/c1-24(2,23(32)26-13-25)21-17-5-3-4-6-20(17)33-22-18(21)11-12-19(28-22)15-7-9-16(10-8-15)31-14-27-29-30-31/h3-12,14,21H,1-2H3,(H,26,32). The Hall–Kier alpha value is -4.58. The number of para-hydroxylation sites is 1. The number of fused-ring (bicyclic) bond motifs is 2. The minimum Gasteiger partial charge on any atom is -0.438 e. The van der Waals surface area contributed by atoms with Crippen LogP contribution in [0.3, 0.4) is 0 Å². The Kier molecular flexibility index (Phi) is 4.83. The molecule has 1 aliphatic heterocycles. The van der Waals surface area contributed by atoms with Crippen LogP contribution >= 0.6 is 0 Å². The molecule has 0 fully saturated rings. The Bertz CT molecular complexity index is 1370. The van der Waals surface area contributed by atoms with E-state index in [1.807, 2.05) is 74.5 Å². The third kappa shape index (κ3) is 3.47. The highest BCUT2D eigenvalue weighted by atomic mass is 16.5. The second-order valence-corrected chi connectivity index (χ2v) is 8.25. The van der Waals surface area contributed by atoms with Gasteiger partial charge < -0.3 is 4.74 Å². The maximum atomic E-state index is 12.8. The van der Waals surface area contributed by atoms with Gasteiger partial charge in [-0.25, -0.2) is 9.67 Å². The van der Waals surface area contributed by atoms with Crippen molar-refractivity contribution >= 4 is 5.91 Å². The summed E-state index contributed by atoms with van der Waals surface area (Å²) in [5.74, 6) is 0.388. The van der Waals surface area contributed by atoms with E-state index in [1.165, 1.54) is 6.33 Å². The molecule has 1 N–H and O–H groups in total. The lowest BCUT2D eigenvalue weighted by Gasteiger charge is -2.37. The number of nitriles is 1. The van der Waals surface area contributed by atoms with E-state index in [4.69, 9.17) is 15.0 Å². The molecule has 1 amide bonds. The number of benzene rings is 2. The van der Waals surface area contributed by atoms with E-state index in [0.29, 0.717) is 11.6 Å². The minimum atomic E-state index is -0.916. The number of nitrogens with zero attached hydrogens (tertiary/aromatic N) is 6. The zero-order valence-electron chi connectivity index (χ0n) is 17.9. The van der Waals surface area contributed by atoms with Crippen LogP contribution in [0.1, 0.15) is 30.9 Å². The molecule has 1 unspecified atom stereocenters. The molecule has 0 saturated carbocycles. The van der Waals surface area contributed by atoms with Gasteiger partial charge >= 0.3 is 0 Å². The lowest BCUT2D eigenvalue weighted by atomic mass is 9.69. The van der Waals surface area contributed by atoms with Crippen molar-refractivity contribution in [1.29, 1.82) is 5.26 Å². The van der Waals surface area contributed by atoms with Gasteiger partial charge in [0, 0.05) is 22.6 Å². The SMILES string of the molecule is CC(C)(C(=O)NC#N)C1c2ccccc2Oc2nc(-c3ccc(-n4cnnn4)cc3)ccc21. The van der Waals surface area contributed by atoms with Crippen LogP contribution in [-0.2, 0) is 4.79 Å². The van der Waals surface area contributed by atoms with Gasteiger partial charge in [-0.1, -0.05) is 50.2 Å². The first kappa shape index (κ1) is 20.3. The molecule has 2 aromatic heterocycles. The number of carbonyl (C=O) groups is 1. The maximum Gasteiger partial charge on any atom is 0.239 e. The average molecular weight is 437 g/mol. The van der Waals surface area contributed by atoms with Gasteiger partial charge in [0.2, 0.25) is 11.8 Å². The topological polar surface area (TPSA) is 119 Å². The predicted octanol–water partition coefficient (Wildman–Crippen LogP) is 3.59. The summed E-state index contributed by atoms with van der Waals surface area (Å²) in [5, 5.41) is 22.5. The summed E-state index contributed by atoms with van der Waals surface area (Å²) in [5.41, 5.74) is 3.21. The van der Waals surface area contributed by atoms with Crippen molar-refractivity contribution in [3.05, 3.63) is 78.1 Å². The fourth-order valence-corrected chi connectivity index (χ4v) is 4.18. The zero-order chi connectivity index (χ0) is 23.0. The normalized spacial score (nSPS) is 14.4. The molecule has 0 saturated heterocycles. The van der Waals surface area contributed by atoms with Gasteiger partial charge in [0.05, 0.1) is 16.8 Å². The van der Waals surface area contributed by atoms with Gasteiger partial charge in [-0.2, -0.15) is 5.26 Å². The van der Waals surface area contributed by atoms with E-state index in [9.17, 15) is 4.79 Å². The van der Waals surface area contributed by atoms with E-state index in [0.717, 1.165) is 28.1 Å². The van der Waals surface area contributed by atoms with Crippen molar-refractivity contribution in [2.75, 3.05) is 0 Å². The molecule has 9 heteroatoms. The number of amides is 1. The molecule has 5 rings (SSSR count). The number of ether oxygens (including phenoxy) is 1. The average Bonchev–Trinajstić information content (AvgIpc) is 3.37. The minimum absolute atomic E-state index is 0.338. The monoisotopic (exact) mass is 437 g/mol. The number of carbonyl (C=O) groups excluding carboxylic acids is 1. The summed E-state index contributed by atoms with van der Waals surface area (Å²) >= 11 is 0. The number of rotatable bonds is 4. The molecule has 9 nitrogen and oxygen atoms in total. The summed E-state index contributed by atoms with van der Waals surface area (Å²) in [4.78, 5) is 17.6. The molecule has 0 aliphatic carbocycles. The highest BCUT2D eigenvalue weighted by Crippen LogP contribution is 2.51. The Balaban J connectivity index is 1.56. The van der Waals surface area contributed by atoms with E-state index >= 15 is 0 Å². The van der Waals surface area contributed by atoms with Crippen LogP contribution in [0, 0.1) is 16.9 Å². The first-order valence-electron chi connectivity index (χ1n) is 10.3. The number of pyridine rings is 1. The van der Waals surface area contributed by atoms with Crippen molar-refractivity contribution in [2.45, 2.75) is 19.8 Å². The third-order valence-corrected chi connectivity index (χ3v) is 5.89. The fourth-order valence-electron chi connectivity index (χ4n) is 4.18. The molecule has 0 bridgehead atoms. The van der Waals surface area contributed by atoms with E-state index in [2.05, 4.69) is 20.8 Å². The summed E-state index contributed by atoms with van der Waals surface area (Å²) in [7, 11) is 0. The molecule has 4 aromatic rings. The summed E-state index contributed by atoms with van der Waals surface area (Å²) in [6.45, 7) is 3.64. The van der Waals surface area contributed by atoms with Crippen molar-refractivity contribution in [3.8, 4) is 34.8 Å². The highest BCUT2D eigenvalue weighted by Gasteiger charge is 2.44. The van der Waals surface area contributed by atoms with Gasteiger partial charge in [0.15, 0.2) is 6.19 Å². The summed E-state index contributed by atoms with van der Waals surface area (Å²) < 4.78 is 7.72. The van der Waals surface area contributed by atoms with Gasteiger partial charge in [0.25, 0.3) is 0 Å². The molecule has 0 spiro atoms. The Morgan fingerprint density at radius 2 is 1.88 bits per heavy atom. The van der Waals surface area contributed by atoms with Gasteiger partial charge in [-0.15, -0.1) is 5.10 Å². The molecule has 2 aromatic carbocycles. The van der Waals surface area contributed by atoms with Crippen LogP contribution in [0.4, 0.5) is 0 Å². The number of aromatic nitrogens is 5. The smallest absolute Gasteiger partial charge is 0.239 e. The van der Waals surface area contributed by atoms with Crippen molar-refractivity contribution in [2.24, 2.45) is 5.41 Å². The van der Waals surface area contributed by atoms with E-state index in [-0.39, 0.29) is 11.8 Å². The number of hydrogen-bond donors (Lipinski definition) is 1. The quantitative estimate of drug-likeness (QED) is 0.383. The predicted molar refractivity (Wildman–Crippen MR) is 118 cm³/mol. The first-order chi connectivity index (χ1) is 16.0. The van der Waals surface area contributed by atoms with Crippen molar-refractivity contribution < 1.29 is 9.53 Å². The van der Waals surface area contributed by atoms with E-state index in [1.54, 1.807) is 10.9 Å². The lowest BCUT2D eigenvalue weighted by molar-refractivity contribution is -0.128. The third-order valence-electron chi connectivity index (χ3n) is 5.89. The summed E-state index contributed by atoms with van der Waals surface area (Å²) in [6, 6.07) is 19.1. The van der Waals surface area contributed by atoms with Crippen LogP contribution in [0.25, 0.3) is 16.9 Å². The molecule has 3 heterocycles. The van der Waals surface area contributed by atoms with Gasteiger partial charge in [-0.3, -0.25) is 10.1 Å². The Labute approximate surface area is 189 Å². The fraction of sp³-hybridized carbons (Fsp3) is 0.167. The number of nitrogens with one attached hydrogen (secondary N) is 1.